The topological polar surface area (TPSA) is 57.6 Å². The summed E-state index contributed by atoms with van der Waals surface area (Å²) >= 11 is 0. The Kier molecular flexibility index (Phi) is 11.6. The third-order valence-electron chi connectivity index (χ3n) is 5.22. The van der Waals surface area contributed by atoms with Crippen LogP contribution in [0, 0.1) is 0 Å². The average Bonchev–Trinajstić information content (AvgIpc) is 2.68. The summed E-state index contributed by atoms with van der Waals surface area (Å²) in [5, 5.41) is -1.22. The van der Waals surface area contributed by atoms with E-state index >= 15 is 0 Å². The lowest BCUT2D eigenvalue weighted by Crippen LogP contribution is -2.26. The lowest BCUT2D eigenvalue weighted by molar-refractivity contribution is -0.137. The van der Waals surface area contributed by atoms with Crippen molar-refractivity contribution in [2.45, 2.75) is 83.6 Å². The van der Waals surface area contributed by atoms with Crippen molar-refractivity contribution in [3.63, 3.8) is 0 Å². The van der Waals surface area contributed by atoms with E-state index < -0.39 is 27.1 Å². The highest BCUT2D eigenvalue weighted by molar-refractivity contribution is 7.86. The van der Waals surface area contributed by atoms with Crippen LogP contribution in [-0.4, -0.2) is 31.3 Å². The zero-order chi connectivity index (χ0) is 23.5. The zero-order valence-electron chi connectivity index (χ0n) is 18.8. The zero-order valence-corrected chi connectivity index (χ0v) is 19.6. The van der Waals surface area contributed by atoms with Crippen molar-refractivity contribution >= 4 is 21.9 Å². The van der Waals surface area contributed by atoms with Gasteiger partial charge in [0.2, 0.25) is 0 Å². The molecule has 0 aliphatic rings. The van der Waals surface area contributed by atoms with E-state index in [1.165, 1.54) is 6.07 Å². The fourth-order valence-corrected chi connectivity index (χ4v) is 4.26. The molecule has 1 atom stereocenters. The Labute approximate surface area is 185 Å². The number of alkyl halides is 3. The highest BCUT2D eigenvalue weighted by Gasteiger charge is 2.33. The summed E-state index contributed by atoms with van der Waals surface area (Å²) in [5.41, 5.74) is -0.387. The van der Waals surface area contributed by atoms with Crippen molar-refractivity contribution in [2.24, 2.45) is 0 Å². The van der Waals surface area contributed by atoms with Crippen LogP contribution in [0.3, 0.4) is 0 Å². The Hall–Kier alpha value is -1.54. The van der Waals surface area contributed by atoms with Crippen molar-refractivity contribution in [1.82, 2.24) is 0 Å². The first-order valence-corrected chi connectivity index (χ1v) is 12.7. The summed E-state index contributed by atoms with van der Waals surface area (Å²) in [6.45, 7) is 7.32. The number of hydrogen-bond donors (Lipinski definition) is 1. The van der Waals surface area contributed by atoms with Gasteiger partial charge in [-0.15, -0.1) is 0 Å². The third kappa shape index (κ3) is 9.64. The van der Waals surface area contributed by atoms with E-state index in [1.807, 2.05) is 4.90 Å². The Morgan fingerprint density at radius 2 is 1.58 bits per heavy atom. The van der Waals surface area contributed by atoms with Gasteiger partial charge in [0.25, 0.3) is 10.1 Å². The molecule has 1 unspecified atom stereocenters. The number of benzene rings is 1. The highest BCUT2D eigenvalue weighted by Crippen LogP contribution is 2.35. The van der Waals surface area contributed by atoms with E-state index in [0.717, 1.165) is 56.7 Å². The Balaban J connectivity index is 3.27. The second-order valence-corrected chi connectivity index (χ2v) is 9.51. The van der Waals surface area contributed by atoms with Crippen LogP contribution < -0.4 is 4.90 Å². The van der Waals surface area contributed by atoms with Gasteiger partial charge in [0.05, 0.1) is 5.56 Å². The standard InChI is InChI=1S/C23H36F3NO3S/c1-4-7-9-16-27(17-10-8-5-2)20-14-12-19(22(18-20)23(24,25)26)13-15-21(11-6-3)31(28,29)30/h12-15,18,21H,4-11,16-17H2,1-3H3,(H,28,29,30). The fourth-order valence-electron chi connectivity index (χ4n) is 3.45. The Morgan fingerprint density at radius 3 is 2.03 bits per heavy atom. The maximum Gasteiger partial charge on any atom is 0.417 e. The normalized spacial score (nSPS) is 13.6. The molecule has 0 saturated carbocycles. The molecule has 0 heterocycles. The third-order valence-corrected chi connectivity index (χ3v) is 6.37. The minimum atomic E-state index is -4.58. The molecule has 0 fully saturated rings. The van der Waals surface area contributed by atoms with Gasteiger partial charge in [-0.3, -0.25) is 4.55 Å². The van der Waals surface area contributed by atoms with Crippen LogP contribution in [0.4, 0.5) is 18.9 Å². The van der Waals surface area contributed by atoms with Gasteiger partial charge in [0.15, 0.2) is 0 Å². The van der Waals surface area contributed by atoms with E-state index in [2.05, 4.69) is 13.8 Å². The molecule has 1 N–H and O–H groups in total. The molecule has 0 radical (unpaired) electrons. The molecule has 1 rings (SSSR count). The summed E-state index contributed by atoms with van der Waals surface area (Å²) in [6, 6.07) is 4.20. The molecular formula is C23H36F3NO3S. The van der Waals surface area contributed by atoms with E-state index in [9.17, 15) is 26.1 Å². The van der Waals surface area contributed by atoms with Gasteiger partial charge in [-0.2, -0.15) is 21.6 Å². The van der Waals surface area contributed by atoms with Crippen LogP contribution in [-0.2, 0) is 16.3 Å². The number of hydrogen-bond acceptors (Lipinski definition) is 3. The predicted octanol–water partition coefficient (Wildman–Crippen LogP) is 6.96. The highest BCUT2D eigenvalue weighted by atomic mass is 32.2. The van der Waals surface area contributed by atoms with E-state index in [0.29, 0.717) is 25.2 Å². The smallest absolute Gasteiger partial charge is 0.372 e. The summed E-state index contributed by atoms with van der Waals surface area (Å²) in [6.07, 6.45) is 4.27. The first-order chi connectivity index (χ1) is 14.5. The first kappa shape index (κ1) is 27.5. The molecule has 0 amide bonds. The van der Waals surface area contributed by atoms with Crippen LogP contribution in [0.2, 0.25) is 0 Å². The van der Waals surface area contributed by atoms with Gasteiger partial charge >= 0.3 is 6.18 Å². The van der Waals surface area contributed by atoms with Crippen molar-refractivity contribution in [3.05, 3.63) is 35.4 Å². The van der Waals surface area contributed by atoms with Crippen LogP contribution in [0.1, 0.15) is 83.3 Å². The molecule has 4 nitrogen and oxygen atoms in total. The summed E-state index contributed by atoms with van der Waals surface area (Å²) < 4.78 is 73.7. The van der Waals surface area contributed by atoms with E-state index in [1.54, 1.807) is 13.0 Å². The largest absolute Gasteiger partial charge is 0.417 e. The van der Waals surface area contributed by atoms with Crippen LogP contribution in [0.25, 0.3) is 6.08 Å². The number of rotatable bonds is 14. The molecule has 0 spiro atoms. The molecule has 0 aliphatic heterocycles. The molecule has 0 aromatic heterocycles. The lowest BCUT2D eigenvalue weighted by atomic mass is 10.0. The molecule has 0 aliphatic carbocycles. The monoisotopic (exact) mass is 463 g/mol. The van der Waals surface area contributed by atoms with E-state index in [4.69, 9.17) is 0 Å². The summed E-state index contributed by atoms with van der Waals surface area (Å²) in [4.78, 5) is 2.01. The minimum absolute atomic E-state index is 0.108. The maximum atomic E-state index is 13.8. The summed E-state index contributed by atoms with van der Waals surface area (Å²) in [7, 11) is -4.37. The van der Waals surface area contributed by atoms with Crippen molar-refractivity contribution in [1.29, 1.82) is 0 Å². The van der Waals surface area contributed by atoms with Gasteiger partial charge in [-0.05, 0) is 37.0 Å². The van der Waals surface area contributed by atoms with Crippen LogP contribution >= 0.6 is 0 Å². The van der Waals surface area contributed by atoms with Gasteiger partial charge in [0, 0.05) is 18.8 Å². The van der Waals surface area contributed by atoms with Crippen molar-refractivity contribution < 1.29 is 26.1 Å². The van der Waals surface area contributed by atoms with Crippen LogP contribution in [0.5, 0.6) is 0 Å². The second-order valence-electron chi connectivity index (χ2n) is 7.87. The molecule has 1 aromatic rings. The van der Waals surface area contributed by atoms with Gasteiger partial charge in [-0.1, -0.05) is 71.1 Å². The quantitative estimate of drug-likeness (QED) is 0.239. The minimum Gasteiger partial charge on any atom is -0.372 e. The van der Waals surface area contributed by atoms with Gasteiger partial charge in [-0.25, -0.2) is 0 Å². The molecule has 1 aromatic carbocycles. The molecule has 8 heteroatoms. The average molecular weight is 464 g/mol. The Morgan fingerprint density at radius 1 is 1.00 bits per heavy atom. The Bertz CT molecular complexity index is 782. The molecule has 0 bridgehead atoms. The van der Waals surface area contributed by atoms with E-state index in [-0.39, 0.29) is 12.0 Å². The summed E-state index contributed by atoms with van der Waals surface area (Å²) in [5.74, 6) is 0. The SMILES string of the molecule is CCCCCN(CCCCC)c1ccc(C=CC(CCC)S(=O)(=O)O)c(C(F)(F)F)c1. The second kappa shape index (κ2) is 13.1. The van der Waals surface area contributed by atoms with Gasteiger partial charge in [0.1, 0.15) is 5.25 Å². The number of halogens is 3. The van der Waals surface area contributed by atoms with Gasteiger partial charge < -0.3 is 4.90 Å². The van der Waals surface area contributed by atoms with Crippen molar-refractivity contribution in [3.8, 4) is 0 Å². The molecule has 178 valence electrons. The number of anilines is 1. The first-order valence-electron chi connectivity index (χ1n) is 11.1. The molecule has 0 saturated heterocycles. The predicted molar refractivity (Wildman–Crippen MR) is 122 cm³/mol. The maximum absolute atomic E-state index is 13.8. The number of nitrogens with zero attached hydrogens (tertiary/aromatic N) is 1. The number of unbranched alkanes of at least 4 members (excludes halogenated alkanes) is 4. The fraction of sp³-hybridized carbons (Fsp3) is 0.652. The van der Waals surface area contributed by atoms with Crippen LogP contribution in [0.15, 0.2) is 24.3 Å². The lowest BCUT2D eigenvalue weighted by Gasteiger charge is -2.26. The molecule has 31 heavy (non-hydrogen) atoms. The van der Waals surface area contributed by atoms with Crippen molar-refractivity contribution in [2.75, 3.05) is 18.0 Å². The molecular weight excluding hydrogens is 427 g/mol.